The lowest BCUT2D eigenvalue weighted by Gasteiger charge is -2.18. The fraction of sp³-hybridized carbons (Fsp3) is 0.455. The van der Waals surface area contributed by atoms with Gasteiger partial charge in [0, 0.05) is 0 Å². The molecule has 8 heteroatoms. The minimum atomic E-state index is -0.955. The van der Waals surface area contributed by atoms with E-state index in [0.717, 1.165) is 10.4 Å². The molecule has 0 unspecified atom stereocenters. The zero-order chi connectivity index (χ0) is 14.2. The van der Waals surface area contributed by atoms with E-state index in [0.29, 0.717) is 10.8 Å². The Bertz CT molecular complexity index is 620. The van der Waals surface area contributed by atoms with Crippen LogP contribution in [0.1, 0.15) is 19.4 Å². The number of carboxylic acids is 1. The Morgan fingerprint density at radius 2 is 2.26 bits per heavy atom. The Hall–Kier alpha value is -1.47. The van der Waals surface area contributed by atoms with Crippen LogP contribution in [0.4, 0.5) is 0 Å². The van der Waals surface area contributed by atoms with Crippen LogP contribution in [0.5, 0.6) is 0 Å². The van der Waals surface area contributed by atoms with Gasteiger partial charge >= 0.3 is 5.97 Å². The summed E-state index contributed by atoms with van der Waals surface area (Å²) in [5.74, 6) is -0.403. The largest absolute Gasteiger partial charge is 0.481 e. The molecule has 2 heterocycles. The summed E-state index contributed by atoms with van der Waals surface area (Å²) in [6, 6.07) is 0. The Balaban J connectivity index is 2.39. The van der Waals surface area contributed by atoms with Gasteiger partial charge in [-0.2, -0.15) is 0 Å². The highest BCUT2D eigenvalue weighted by molar-refractivity contribution is 7.14. The summed E-state index contributed by atoms with van der Waals surface area (Å²) in [6.07, 6.45) is 0. The van der Waals surface area contributed by atoms with E-state index < -0.39 is 11.4 Å². The highest BCUT2D eigenvalue weighted by Gasteiger charge is 2.30. The van der Waals surface area contributed by atoms with Crippen molar-refractivity contribution in [3.05, 3.63) is 16.0 Å². The molecule has 0 aliphatic heterocycles. The Kier molecular flexibility index (Phi) is 3.60. The van der Waals surface area contributed by atoms with Crippen LogP contribution in [-0.2, 0) is 11.3 Å². The van der Waals surface area contributed by atoms with Crippen molar-refractivity contribution >= 4 is 28.9 Å². The van der Waals surface area contributed by atoms with E-state index in [1.807, 2.05) is 12.3 Å². The molecular weight excluding hydrogens is 288 g/mol. The second-order valence-corrected chi connectivity index (χ2v) is 6.17. The number of hydrogen-bond donors (Lipinski definition) is 1. The highest BCUT2D eigenvalue weighted by atomic mass is 35.5. The van der Waals surface area contributed by atoms with Crippen molar-refractivity contribution in [3.8, 4) is 10.7 Å². The van der Waals surface area contributed by atoms with Gasteiger partial charge in [-0.05, 0) is 42.1 Å². The summed E-state index contributed by atoms with van der Waals surface area (Å²) in [7, 11) is 0. The highest BCUT2D eigenvalue weighted by Crippen LogP contribution is 2.35. The third-order valence-corrected chi connectivity index (χ3v) is 4.45. The average Bonchev–Trinajstić information content (AvgIpc) is 2.87. The third-order valence-electron chi connectivity index (χ3n) is 2.76. The first-order valence-electron chi connectivity index (χ1n) is 5.56. The number of carboxylic acid groups (broad SMARTS) is 1. The molecule has 0 fully saturated rings. The molecule has 2 aromatic heterocycles. The molecular formula is C11H13ClN4O2S. The molecule has 0 aliphatic carbocycles. The van der Waals surface area contributed by atoms with Crippen LogP contribution in [0, 0.1) is 12.3 Å². The van der Waals surface area contributed by atoms with Gasteiger partial charge < -0.3 is 5.11 Å². The van der Waals surface area contributed by atoms with Crippen molar-refractivity contribution < 1.29 is 9.90 Å². The molecule has 0 aromatic carbocycles. The van der Waals surface area contributed by atoms with E-state index in [1.165, 1.54) is 16.0 Å². The standard InChI is InChI=1S/C11H13ClN4O2S/c1-6-4-19-8(7(6)12)9-13-14-15-16(9)5-11(2,3)10(17)18/h4H,5H2,1-3H3,(H,17,18). The van der Waals surface area contributed by atoms with E-state index in [9.17, 15) is 4.79 Å². The molecule has 0 aliphatic rings. The maximum Gasteiger partial charge on any atom is 0.310 e. The molecule has 0 spiro atoms. The van der Waals surface area contributed by atoms with Gasteiger partial charge in [0.2, 0.25) is 0 Å². The summed E-state index contributed by atoms with van der Waals surface area (Å²) in [4.78, 5) is 11.9. The number of aliphatic carboxylic acids is 1. The maximum absolute atomic E-state index is 11.2. The smallest absolute Gasteiger partial charge is 0.310 e. The monoisotopic (exact) mass is 300 g/mol. The van der Waals surface area contributed by atoms with Crippen LogP contribution in [0.3, 0.4) is 0 Å². The molecule has 6 nitrogen and oxygen atoms in total. The Labute approximate surface area is 119 Å². The normalized spacial score (nSPS) is 11.8. The van der Waals surface area contributed by atoms with Gasteiger partial charge in [0.05, 0.1) is 21.9 Å². The van der Waals surface area contributed by atoms with Crippen LogP contribution >= 0.6 is 22.9 Å². The number of nitrogens with zero attached hydrogens (tertiary/aromatic N) is 4. The first-order chi connectivity index (χ1) is 8.83. The topological polar surface area (TPSA) is 80.9 Å². The first-order valence-corrected chi connectivity index (χ1v) is 6.82. The lowest BCUT2D eigenvalue weighted by Crippen LogP contribution is -2.30. The van der Waals surface area contributed by atoms with Gasteiger partial charge in [0.25, 0.3) is 0 Å². The van der Waals surface area contributed by atoms with Crippen LogP contribution < -0.4 is 0 Å². The number of carbonyl (C=O) groups is 1. The van der Waals surface area contributed by atoms with Crippen molar-refractivity contribution in [3.63, 3.8) is 0 Å². The summed E-state index contributed by atoms with van der Waals surface area (Å²) in [6.45, 7) is 5.33. The number of aromatic nitrogens is 4. The lowest BCUT2D eigenvalue weighted by molar-refractivity contribution is -0.147. The van der Waals surface area contributed by atoms with Crippen LogP contribution in [0.25, 0.3) is 10.7 Å². The molecule has 1 N–H and O–H groups in total. The van der Waals surface area contributed by atoms with Crippen molar-refractivity contribution in [2.75, 3.05) is 0 Å². The fourth-order valence-corrected chi connectivity index (χ4v) is 2.76. The second-order valence-electron chi connectivity index (χ2n) is 4.91. The minimum Gasteiger partial charge on any atom is -0.481 e. The quantitative estimate of drug-likeness (QED) is 0.938. The van der Waals surface area contributed by atoms with Gasteiger partial charge in [-0.15, -0.1) is 16.4 Å². The first kappa shape index (κ1) is 14.0. The molecule has 102 valence electrons. The molecule has 0 radical (unpaired) electrons. The number of aryl methyl sites for hydroxylation is 1. The number of tetrazole rings is 1. The molecule has 2 aromatic rings. The van der Waals surface area contributed by atoms with Gasteiger partial charge in [-0.3, -0.25) is 4.79 Å². The summed E-state index contributed by atoms with van der Waals surface area (Å²) >= 11 is 7.63. The van der Waals surface area contributed by atoms with Gasteiger partial charge in [0.15, 0.2) is 5.82 Å². The minimum absolute atomic E-state index is 0.179. The molecule has 2 rings (SSSR count). The second kappa shape index (κ2) is 4.90. The van der Waals surface area contributed by atoms with Crippen LogP contribution in [0.15, 0.2) is 5.38 Å². The van der Waals surface area contributed by atoms with Gasteiger partial charge in [0.1, 0.15) is 0 Å². The number of hydrogen-bond acceptors (Lipinski definition) is 5. The van der Waals surface area contributed by atoms with Crippen molar-refractivity contribution in [1.82, 2.24) is 20.2 Å². The van der Waals surface area contributed by atoms with E-state index in [1.54, 1.807) is 13.8 Å². The zero-order valence-electron chi connectivity index (χ0n) is 10.7. The van der Waals surface area contributed by atoms with E-state index in [4.69, 9.17) is 16.7 Å². The van der Waals surface area contributed by atoms with Crippen LogP contribution in [-0.4, -0.2) is 31.3 Å². The van der Waals surface area contributed by atoms with E-state index >= 15 is 0 Å². The summed E-state index contributed by atoms with van der Waals surface area (Å²) in [5, 5.41) is 23.1. The van der Waals surface area contributed by atoms with E-state index in [2.05, 4.69) is 15.5 Å². The number of halogens is 1. The molecule has 19 heavy (non-hydrogen) atoms. The molecule has 0 bridgehead atoms. The van der Waals surface area contributed by atoms with E-state index in [-0.39, 0.29) is 6.54 Å². The molecule has 0 saturated carbocycles. The lowest BCUT2D eigenvalue weighted by atomic mass is 9.94. The van der Waals surface area contributed by atoms with Gasteiger partial charge in [-0.1, -0.05) is 11.6 Å². The van der Waals surface area contributed by atoms with Crippen molar-refractivity contribution in [1.29, 1.82) is 0 Å². The van der Waals surface area contributed by atoms with Crippen molar-refractivity contribution in [2.24, 2.45) is 5.41 Å². The molecule has 0 amide bonds. The fourth-order valence-electron chi connectivity index (χ4n) is 1.50. The SMILES string of the molecule is Cc1csc(-c2nnnn2CC(C)(C)C(=O)O)c1Cl. The maximum atomic E-state index is 11.2. The predicted octanol–water partition coefficient (Wildman–Crippen LogP) is 2.47. The summed E-state index contributed by atoms with van der Waals surface area (Å²) in [5.41, 5.74) is -0.00294. The molecule has 0 atom stereocenters. The Morgan fingerprint density at radius 1 is 1.58 bits per heavy atom. The Morgan fingerprint density at radius 3 is 2.79 bits per heavy atom. The zero-order valence-corrected chi connectivity index (χ0v) is 12.3. The molecule has 0 saturated heterocycles. The number of thiophene rings is 1. The predicted molar refractivity (Wildman–Crippen MR) is 72.3 cm³/mol. The summed E-state index contributed by atoms with van der Waals surface area (Å²) < 4.78 is 1.48. The van der Waals surface area contributed by atoms with Crippen LogP contribution in [0.2, 0.25) is 5.02 Å². The van der Waals surface area contributed by atoms with Crippen molar-refractivity contribution in [2.45, 2.75) is 27.3 Å². The number of rotatable bonds is 4. The third kappa shape index (κ3) is 2.62. The average molecular weight is 301 g/mol. The van der Waals surface area contributed by atoms with Gasteiger partial charge in [-0.25, -0.2) is 4.68 Å².